The molecular formula is C16H25ClN2O3. The van der Waals surface area contributed by atoms with Crippen LogP contribution in [-0.2, 0) is 9.53 Å². The number of hydrogen-bond acceptors (Lipinski definition) is 4. The molecule has 0 bridgehead atoms. The number of nitrogens with one attached hydrogen (secondary N) is 1. The zero-order valence-corrected chi connectivity index (χ0v) is 13.9. The van der Waals surface area contributed by atoms with E-state index in [4.69, 9.17) is 15.2 Å². The number of rotatable bonds is 5. The molecule has 1 heterocycles. The molecule has 1 unspecified atom stereocenters. The highest BCUT2D eigenvalue weighted by molar-refractivity contribution is 5.85. The topological polar surface area (TPSA) is 73.6 Å². The lowest BCUT2D eigenvalue weighted by molar-refractivity contribution is -0.136. The van der Waals surface area contributed by atoms with Crippen molar-refractivity contribution >= 4 is 18.3 Å². The van der Waals surface area contributed by atoms with Gasteiger partial charge in [-0.15, -0.1) is 12.4 Å². The van der Waals surface area contributed by atoms with E-state index in [1.165, 1.54) is 0 Å². The molecule has 1 amide bonds. The van der Waals surface area contributed by atoms with Gasteiger partial charge in [-0.25, -0.2) is 0 Å². The Labute approximate surface area is 138 Å². The van der Waals surface area contributed by atoms with Crippen molar-refractivity contribution in [1.29, 1.82) is 0 Å². The van der Waals surface area contributed by atoms with Gasteiger partial charge in [0.2, 0.25) is 5.91 Å². The average molecular weight is 329 g/mol. The van der Waals surface area contributed by atoms with Crippen LogP contribution in [0.15, 0.2) is 24.3 Å². The van der Waals surface area contributed by atoms with E-state index in [1.54, 1.807) is 7.11 Å². The number of para-hydroxylation sites is 1. The van der Waals surface area contributed by atoms with Crippen molar-refractivity contribution in [3.63, 3.8) is 0 Å². The molecule has 22 heavy (non-hydrogen) atoms. The van der Waals surface area contributed by atoms with E-state index in [0.29, 0.717) is 32.6 Å². The van der Waals surface area contributed by atoms with E-state index in [-0.39, 0.29) is 24.4 Å². The Hall–Kier alpha value is -1.30. The standard InChI is InChI=1S/C16H24N2O3.ClH/c1-12(13-5-3-4-6-14(13)20-2)18-15(19)16(11-17)7-9-21-10-8-16;/h3-6,12H,7-11,17H2,1-2H3,(H,18,19);1H. The smallest absolute Gasteiger partial charge is 0.228 e. The average Bonchev–Trinajstić information content (AvgIpc) is 2.55. The van der Waals surface area contributed by atoms with Gasteiger partial charge in [0.25, 0.3) is 0 Å². The summed E-state index contributed by atoms with van der Waals surface area (Å²) in [5, 5.41) is 3.08. The molecule has 1 saturated heterocycles. The summed E-state index contributed by atoms with van der Waals surface area (Å²) in [7, 11) is 1.63. The quantitative estimate of drug-likeness (QED) is 0.867. The molecule has 2 rings (SSSR count). The monoisotopic (exact) mass is 328 g/mol. The molecule has 1 aromatic carbocycles. The number of ether oxygens (including phenoxy) is 2. The second-order valence-electron chi connectivity index (χ2n) is 5.53. The number of halogens is 1. The van der Waals surface area contributed by atoms with Gasteiger partial charge in [0.15, 0.2) is 0 Å². The van der Waals surface area contributed by atoms with Crippen LogP contribution in [0.4, 0.5) is 0 Å². The summed E-state index contributed by atoms with van der Waals surface area (Å²) in [5.41, 5.74) is 6.33. The summed E-state index contributed by atoms with van der Waals surface area (Å²) < 4.78 is 10.7. The maximum atomic E-state index is 12.6. The van der Waals surface area contributed by atoms with Crippen LogP contribution in [0.2, 0.25) is 0 Å². The van der Waals surface area contributed by atoms with Crippen LogP contribution in [0.1, 0.15) is 31.4 Å². The largest absolute Gasteiger partial charge is 0.496 e. The summed E-state index contributed by atoms with van der Waals surface area (Å²) in [5.74, 6) is 0.783. The second-order valence-corrected chi connectivity index (χ2v) is 5.53. The van der Waals surface area contributed by atoms with Crippen molar-refractivity contribution in [1.82, 2.24) is 5.32 Å². The molecule has 0 radical (unpaired) electrons. The maximum absolute atomic E-state index is 12.6. The first-order valence-corrected chi connectivity index (χ1v) is 7.34. The first kappa shape index (κ1) is 18.7. The molecule has 1 fully saturated rings. The van der Waals surface area contributed by atoms with E-state index in [0.717, 1.165) is 11.3 Å². The molecule has 5 nitrogen and oxygen atoms in total. The van der Waals surface area contributed by atoms with Gasteiger partial charge >= 0.3 is 0 Å². The normalized spacial score (nSPS) is 18.0. The van der Waals surface area contributed by atoms with E-state index in [2.05, 4.69) is 5.32 Å². The highest BCUT2D eigenvalue weighted by Crippen LogP contribution is 2.31. The van der Waals surface area contributed by atoms with E-state index < -0.39 is 5.41 Å². The highest BCUT2D eigenvalue weighted by Gasteiger charge is 2.39. The van der Waals surface area contributed by atoms with Crippen molar-refractivity contribution in [3.8, 4) is 5.75 Å². The molecule has 0 aliphatic carbocycles. The lowest BCUT2D eigenvalue weighted by Gasteiger charge is -2.35. The van der Waals surface area contributed by atoms with Gasteiger partial charge < -0.3 is 20.5 Å². The van der Waals surface area contributed by atoms with Gasteiger partial charge in [0.1, 0.15) is 5.75 Å². The van der Waals surface area contributed by atoms with Crippen LogP contribution in [0.3, 0.4) is 0 Å². The number of hydrogen-bond donors (Lipinski definition) is 2. The van der Waals surface area contributed by atoms with Crippen LogP contribution in [0.5, 0.6) is 5.75 Å². The molecule has 124 valence electrons. The van der Waals surface area contributed by atoms with Gasteiger partial charge in [0.05, 0.1) is 18.6 Å². The molecule has 6 heteroatoms. The lowest BCUT2D eigenvalue weighted by atomic mass is 9.79. The Balaban J connectivity index is 0.00000242. The molecule has 3 N–H and O–H groups in total. The zero-order valence-electron chi connectivity index (χ0n) is 13.1. The molecule has 1 aliphatic rings. The molecule has 1 aromatic rings. The minimum Gasteiger partial charge on any atom is -0.496 e. The molecule has 1 atom stereocenters. The maximum Gasteiger partial charge on any atom is 0.228 e. The van der Waals surface area contributed by atoms with Gasteiger partial charge in [-0.3, -0.25) is 4.79 Å². The van der Waals surface area contributed by atoms with E-state index >= 15 is 0 Å². The van der Waals surface area contributed by atoms with Gasteiger partial charge in [-0.05, 0) is 25.8 Å². The Bertz CT molecular complexity index is 490. The van der Waals surface area contributed by atoms with E-state index in [9.17, 15) is 4.79 Å². The molecule has 1 aliphatic heterocycles. The SMILES string of the molecule is COc1ccccc1C(C)NC(=O)C1(CN)CCOCC1.Cl. The number of carbonyl (C=O) groups is 1. The molecule has 0 spiro atoms. The van der Waals surface area contributed by atoms with Crippen LogP contribution in [0, 0.1) is 5.41 Å². The summed E-state index contributed by atoms with van der Waals surface area (Å²) in [6.07, 6.45) is 1.35. The van der Waals surface area contributed by atoms with Crippen LogP contribution in [-0.4, -0.2) is 32.8 Å². The number of amides is 1. The van der Waals surface area contributed by atoms with Crippen LogP contribution < -0.4 is 15.8 Å². The Morgan fingerprint density at radius 3 is 2.64 bits per heavy atom. The van der Waals surface area contributed by atoms with Crippen LogP contribution in [0.25, 0.3) is 0 Å². The van der Waals surface area contributed by atoms with Crippen molar-refractivity contribution in [3.05, 3.63) is 29.8 Å². The summed E-state index contributed by atoms with van der Waals surface area (Å²) >= 11 is 0. The van der Waals surface area contributed by atoms with Crippen molar-refractivity contribution in [2.75, 3.05) is 26.9 Å². The third-order valence-corrected chi connectivity index (χ3v) is 4.28. The number of carbonyl (C=O) groups excluding carboxylic acids is 1. The van der Waals surface area contributed by atoms with Crippen molar-refractivity contribution in [2.24, 2.45) is 11.1 Å². The fourth-order valence-electron chi connectivity index (χ4n) is 2.74. The Morgan fingerprint density at radius 1 is 1.41 bits per heavy atom. The second kappa shape index (κ2) is 8.36. The molecular weight excluding hydrogens is 304 g/mol. The molecule has 0 saturated carbocycles. The predicted octanol–water partition coefficient (Wildman–Crippen LogP) is 2.05. The van der Waals surface area contributed by atoms with Crippen LogP contribution >= 0.6 is 12.4 Å². The van der Waals surface area contributed by atoms with Crippen molar-refractivity contribution in [2.45, 2.75) is 25.8 Å². The summed E-state index contributed by atoms with van der Waals surface area (Å²) in [6, 6.07) is 7.58. The van der Waals surface area contributed by atoms with Gasteiger partial charge in [-0.1, -0.05) is 18.2 Å². The molecule has 0 aromatic heterocycles. The fourth-order valence-corrected chi connectivity index (χ4v) is 2.74. The summed E-state index contributed by atoms with van der Waals surface area (Å²) in [4.78, 5) is 12.6. The zero-order chi connectivity index (χ0) is 15.3. The lowest BCUT2D eigenvalue weighted by Crippen LogP contribution is -2.49. The Morgan fingerprint density at radius 2 is 2.05 bits per heavy atom. The predicted molar refractivity (Wildman–Crippen MR) is 88.3 cm³/mol. The first-order valence-electron chi connectivity index (χ1n) is 7.34. The highest BCUT2D eigenvalue weighted by atomic mass is 35.5. The van der Waals surface area contributed by atoms with E-state index in [1.807, 2.05) is 31.2 Å². The third-order valence-electron chi connectivity index (χ3n) is 4.28. The number of benzene rings is 1. The Kier molecular flexibility index (Phi) is 7.13. The van der Waals surface area contributed by atoms with Gasteiger partial charge in [0, 0.05) is 25.3 Å². The number of methoxy groups -OCH3 is 1. The van der Waals surface area contributed by atoms with Crippen molar-refractivity contribution < 1.29 is 14.3 Å². The summed E-state index contributed by atoms with van der Waals surface area (Å²) in [6.45, 7) is 3.49. The first-order chi connectivity index (χ1) is 10.1. The fraction of sp³-hybridized carbons (Fsp3) is 0.562. The minimum absolute atomic E-state index is 0. The minimum atomic E-state index is -0.505. The number of nitrogens with two attached hydrogens (primary N) is 1. The van der Waals surface area contributed by atoms with Gasteiger partial charge in [-0.2, -0.15) is 0 Å². The third kappa shape index (κ3) is 3.91.